The second kappa shape index (κ2) is 7.96. The summed E-state index contributed by atoms with van der Waals surface area (Å²) in [6.07, 6.45) is 0.884. The Bertz CT molecular complexity index is 595. The molecule has 1 N–H and O–H groups in total. The van der Waals surface area contributed by atoms with E-state index < -0.39 is 0 Å². The Kier molecular flexibility index (Phi) is 5.97. The molecule has 0 atom stereocenters. The van der Waals surface area contributed by atoms with Gasteiger partial charge in [0.2, 0.25) is 5.95 Å². The van der Waals surface area contributed by atoms with Gasteiger partial charge in [0.15, 0.2) is 0 Å². The lowest BCUT2D eigenvalue weighted by Crippen LogP contribution is -2.08. The molecular weight excluding hydrogens is 383 g/mol. The van der Waals surface area contributed by atoms with E-state index in [4.69, 9.17) is 9.47 Å². The van der Waals surface area contributed by atoms with Gasteiger partial charge < -0.3 is 14.8 Å². The van der Waals surface area contributed by atoms with Gasteiger partial charge in [-0.15, -0.1) is 4.98 Å². The largest absolute Gasteiger partial charge is 0.463 e. The molecule has 2 aromatic rings. The fourth-order valence-electron chi connectivity index (χ4n) is 1.50. The van der Waals surface area contributed by atoms with Crippen LogP contribution in [-0.2, 0) is 0 Å². The molecule has 0 saturated heterocycles. The number of anilines is 1. The number of hydrogen-bond donors (Lipinski definition) is 1. The summed E-state index contributed by atoms with van der Waals surface area (Å²) in [6, 6.07) is 8.15. The zero-order valence-corrected chi connectivity index (χ0v) is 14.1. The summed E-state index contributed by atoms with van der Waals surface area (Å²) < 4.78 is 12.2. The van der Waals surface area contributed by atoms with E-state index in [0.29, 0.717) is 24.8 Å². The zero-order valence-electron chi connectivity index (χ0n) is 12.0. The fourth-order valence-corrected chi connectivity index (χ4v) is 2.00. The van der Waals surface area contributed by atoms with Gasteiger partial charge in [0.1, 0.15) is 5.75 Å². The van der Waals surface area contributed by atoms with Crippen LogP contribution in [0.3, 0.4) is 0 Å². The molecule has 1 aromatic heterocycles. The number of halogens is 1. The summed E-state index contributed by atoms with van der Waals surface area (Å²) in [6.45, 7) is 5.25. The van der Waals surface area contributed by atoms with Crippen LogP contribution in [0.2, 0.25) is 0 Å². The molecule has 1 heterocycles. The maximum atomic E-state index is 5.73. The molecule has 1 aromatic carbocycles. The molecule has 112 valence electrons. The van der Waals surface area contributed by atoms with Crippen LogP contribution in [0.1, 0.15) is 20.3 Å². The standard InChI is InChI=1S/C14H17IN4O2/c1-3-9-20-13-17-12(16-4-2)18-14(19-13)21-11-8-6-5-7-10(11)15/h5-8H,3-4,9H2,1-2H3,(H,16,17,18,19). The fraction of sp³-hybridized carbons (Fsp3) is 0.357. The Morgan fingerprint density at radius 3 is 2.57 bits per heavy atom. The van der Waals surface area contributed by atoms with E-state index in [2.05, 4.69) is 42.9 Å². The van der Waals surface area contributed by atoms with E-state index in [9.17, 15) is 0 Å². The first kappa shape index (κ1) is 15.7. The summed E-state index contributed by atoms with van der Waals surface area (Å²) in [7, 11) is 0. The third kappa shape index (κ3) is 4.69. The van der Waals surface area contributed by atoms with Gasteiger partial charge >= 0.3 is 12.0 Å². The van der Waals surface area contributed by atoms with Crippen LogP contribution in [0, 0.1) is 3.57 Å². The topological polar surface area (TPSA) is 69.2 Å². The van der Waals surface area contributed by atoms with Crippen LogP contribution in [0.15, 0.2) is 24.3 Å². The molecule has 0 spiro atoms. The number of nitrogens with one attached hydrogen (secondary N) is 1. The Balaban J connectivity index is 2.24. The number of ether oxygens (including phenoxy) is 2. The first-order valence-electron chi connectivity index (χ1n) is 6.78. The summed E-state index contributed by atoms with van der Waals surface area (Å²) in [4.78, 5) is 12.6. The van der Waals surface area contributed by atoms with Gasteiger partial charge in [-0.05, 0) is 48.1 Å². The second-order valence-electron chi connectivity index (χ2n) is 4.14. The van der Waals surface area contributed by atoms with Crippen molar-refractivity contribution in [1.82, 2.24) is 15.0 Å². The lowest BCUT2D eigenvalue weighted by Gasteiger charge is -2.09. The van der Waals surface area contributed by atoms with E-state index in [0.717, 1.165) is 9.99 Å². The maximum absolute atomic E-state index is 5.73. The maximum Gasteiger partial charge on any atom is 0.330 e. The third-order valence-electron chi connectivity index (χ3n) is 2.40. The predicted octanol–water partition coefficient (Wildman–Crippen LogP) is 3.49. The third-order valence-corrected chi connectivity index (χ3v) is 3.29. The molecule has 2 rings (SSSR count). The van der Waals surface area contributed by atoms with Crippen molar-refractivity contribution in [3.8, 4) is 17.8 Å². The van der Waals surface area contributed by atoms with Crippen molar-refractivity contribution in [2.45, 2.75) is 20.3 Å². The molecule has 0 fully saturated rings. The highest BCUT2D eigenvalue weighted by molar-refractivity contribution is 14.1. The van der Waals surface area contributed by atoms with E-state index in [1.54, 1.807) is 0 Å². The van der Waals surface area contributed by atoms with Gasteiger partial charge in [-0.2, -0.15) is 9.97 Å². The highest BCUT2D eigenvalue weighted by Crippen LogP contribution is 2.25. The Hall–Kier alpha value is -1.64. The van der Waals surface area contributed by atoms with Crippen molar-refractivity contribution in [2.75, 3.05) is 18.5 Å². The van der Waals surface area contributed by atoms with Crippen LogP contribution in [0.5, 0.6) is 17.8 Å². The molecular formula is C14H17IN4O2. The van der Waals surface area contributed by atoms with E-state index in [1.807, 2.05) is 38.1 Å². The summed E-state index contributed by atoms with van der Waals surface area (Å²) in [5.74, 6) is 1.15. The molecule has 6 nitrogen and oxygen atoms in total. The van der Waals surface area contributed by atoms with Crippen molar-refractivity contribution >= 4 is 28.5 Å². The van der Waals surface area contributed by atoms with Crippen molar-refractivity contribution in [3.05, 3.63) is 27.8 Å². The average molecular weight is 400 g/mol. The molecule has 0 aliphatic heterocycles. The zero-order chi connectivity index (χ0) is 15.1. The quantitative estimate of drug-likeness (QED) is 0.718. The molecule has 0 bridgehead atoms. The number of para-hydroxylation sites is 1. The van der Waals surface area contributed by atoms with Gasteiger partial charge in [-0.3, -0.25) is 0 Å². The van der Waals surface area contributed by atoms with E-state index in [1.165, 1.54) is 0 Å². The first-order valence-corrected chi connectivity index (χ1v) is 7.86. The van der Waals surface area contributed by atoms with Crippen LogP contribution >= 0.6 is 22.6 Å². The predicted molar refractivity (Wildman–Crippen MR) is 89.0 cm³/mol. The SMILES string of the molecule is CCCOc1nc(NCC)nc(Oc2ccccc2I)n1. The van der Waals surface area contributed by atoms with Crippen LogP contribution in [0.4, 0.5) is 5.95 Å². The highest BCUT2D eigenvalue weighted by Gasteiger charge is 2.10. The van der Waals surface area contributed by atoms with E-state index in [-0.39, 0.29) is 12.0 Å². The minimum Gasteiger partial charge on any atom is -0.463 e. The number of aromatic nitrogens is 3. The van der Waals surface area contributed by atoms with Gasteiger partial charge in [0.05, 0.1) is 10.2 Å². The number of rotatable bonds is 7. The number of benzene rings is 1. The normalized spacial score (nSPS) is 10.2. The average Bonchev–Trinajstić information content (AvgIpc) is 2.48. The minimum absolute atomic E-state index is 0.219. The van der Waals surface area contributed by atoms with Gasteiger partial charge in [-0.25, -0.2) is 0 Å². The van der Waals surface area contributed by atoms with Crippen molar-refractivity contribution in [3.63, 3.8) is 0 Å². The molecule has 0 saturated carbocycles. The number of hydrogen-bond acceptors (Lipinski definition) is 6. The molecule has 21 heavy (non-hydrogen) atoms. The number of nitrogens with zero attached hydrogens (tertiary/aromatic N) is 3. The second-order valence-corrected chi connectivity index (χ2v) is 5.30. The summed E-state index contributed by atoms with van der Waals surface area (Å²) >= 11 is 2.20. The lowest BCUT2D eigenvalue weighted by atomic mass is 10.3. The van der Waals surface area contributed by atoms with Crippen molar-refractivity contribution < 1.29 is 9.47 Å². The summed E-state index contributed by atoms with van der Waals surface area (Å²) in [5.41, 5.74) is 0. The molecule has 0 aliphatic rings. The first-order chi connectivity index (χ1) is 10.2. The summed E-state index contributed by atoms with van der Waals surface area (Å²) in [5, 5.41) is 3.04. The van der Waals surface area contributed by atoms with Crippen molar-refractivity contribution in [1.29, 1.82) is 0 Å². The minimum atomic E-state index is 0.219. The monoisotopic (exact) mass is 400 g/mol. The molecule has 7 heteroatoms. The van der Waals surface area contributed by atoms with E-state index >= 15 is 0 Å². The Morgan fingerprint density at radius 1 is 1.10 bits per heavy atom. The highest BCUT2D eigenvalue weighted by atomic mass is 127. The Labute approximate surface area is 137 Å². The van der Waals surface area contributed by atoms with Gasteiger partial charge in [0, 0.05) is 6.54 Å². The molecule has 0 unspecified atom stereocenters. The molecule has 0 radical (unpaired) electrons. The Morgan fingerprint density at radius 2 is 1.86 bits per heavy atom. The van der Waals surface area contributed by atoms with Gasteiger partial charge in [0.25, 0.3) is 0 Å². The van der Waals surface area contributed by atoms with Crippen molar-refractivity contribution in [2.24, 2.45) is 0 Å². The van der Waals surface area contributed by atoms with Crippen LogP contribution in [0.25, 0.3) is 0 Å². The van der Waals surface area contributed by atoms with Crippen LogP contribution in [-0.4, -0.2) is 28.1 Å². The lowest BCUT2D eigenvalue weighted by molar-refractivity contribution is 0.285. The molecule has 0 amide bonds. The smallest absolute Gasteiger partial charge is 0.330 e. The molecule has 0 aliphatic carbocycles. The van der Waals surface area contributed by atoms with Crippen LogP contribution < -0.4 is 14.8 Å². The van der Waals surface area contributed by atoms with Gasteiger partial charge in [-0.1, -0.05) is 19.1 Å².